The number of nitrogens with zero attached hydrogens (tertiary/aromatic N) is 4. The van der Waals surface area contributed by atoms with Gasteiger partial charge in [-0.25, -0.2) is 4.98 Å². The summed E-state index contributed by atoms with van der Waals surface area (Å²) < 4.78 is 0. The highest BCUT2D eigenvalue weighted by Gasteiger charge is 2.33. The first-order valence-electron chi connectivity index (χ1n) is 7.61. The lowest BCUT2D eigenvalue weighted by Gasteiger charge is -2.22. The summed E-state index contributed by atoms with van der Waals surface area (Å²) in [5.74, 6) is -0.0512. The van der Waals surface area contributed by atoms with Gasteiger partial charge in [0.2, 0.25) is 0 Å². The molecule has 1 unspecified atom stereocenters. The van der Waals surface area contributed by atoms with E-state index in [9.17, 15) is 4.79 Å². The molecule has 3 rings (SSSR count). The van der Waals surface area contributed by atoms with Crippen molar-refractivity contribution in [2.24, 2.45) is 0 Å². The van der Waals surface area contributed by atoms with Crippen molar-refractivity contribution < 1.29 is 4.79 Å². The van der Waals surface area contributed by atoms with Gasteiger partial charge in [0.1, 0.15) is 6.04 Å². The van der Waals surface area contributed by atoms with E-state index in [-0.39, 0.29) is 11.9 Å². The fraction of sp³-hybridized carbons (Fsp3) is 0.353. The lowest BCUT2D eigenvalue weighted by molar-refractivity contribution is -0.121. The molecule has 1 aromatic carbocycles. The van der Waals surface area contributed by atoms with Gasteiger partial charge in [0.25, 0.3) is 5.91 Å². The van der Waals surface area contributed by atoms with Crippen molar-refractivity contribution in [1.82, 2.24) is 9.88 Å². The minimum Gasteiger partial charge on any atom is -0.298 e. The first-order chi connectivity index (χ1) is 11.2. The third-order valence-corrected chi connectivity index (χ3v) is 5.12. The maximum Gasteiger partial charge on any atom is 0.251 e. The second kappa shape index (κ2) is 6.80. The summed E-state index contributed by atoms with van der Waals surface area (Å²) in [6.07, 6.45) is 6.37. The second-order valence-electron chi connectivity index (χ2n) is 5.62. The second-order valence-corrected chi connectivity index (χ2v) is 6.71. The lowest BCUT2D eigenvalue weighted by Crippen LogP contribution is -2.42. The molecule has 6 heteroatoms. The summed E-state index contributed by atoms with van der Waals surface area (Å²) in [5.41, 5.74) is 1.23. The number of aromatic nitrogens is 1. The number of likely N-dealkylation sites (tertiary alicyclic amines) is 1. The zero-order chi connectivity index (χ0) is 16.2. The highest BCUT2D eigenvalue weighted by atomic mass is 32.1. The van der Waals surface area contributed by atoms with Gasteiger partial charge in [-0.2, -0.15) is 5.26 Å². The molecular formula is C17H18N4OS. The largest absolute Gasteiger partial charge is 0.298 e. The Bertz CT molecular complexity index is 722. The summed E-state index contributed by atoms with van der Waals surface area (Å²) in [6, 6.07) is 9.85. The molecule has 0 spiro atoms. The van der Waals surface area contributed by atoms with Gasteiger partial charge in [0.05, 0.1) is 0 Å². The van der Waals surface area contributed by atoms with Crippen molar-refractivity contribution in [3.63, 3.8) is 0 Å². The molecule has 0 saturated carbocycles. The van der Waals surface area contributed by atoms with Crippen molar-refractivity contribution in [2.75, 3.05) is 18.5 Å². The number of amides is 1. The van der Waals surface area contributed by atoms with Gasteiger partial charge in [-0.05, 0) is 18.4 Å². The van der Waals surface area contributed by atoms with Crippen LogP contribution < -0.4 is 4.90 Å². The first-order valence-corrected chi connectivity index (χ1v) is 8.43. The zero-order valence-corrected chi connectivity index (χ0v) is 13.8. The third kappa shape index (κ3) is 3.35. The molecule has 0 aliphatic carbocycles. The van der Waals surface area contributed by atoms with Gasteiger partial charge >= 0.3 is 0 Å². The Morgan fingerprint density at radius 1 is 1.48 bits per heavy atom. The fourth-order valence-electron chi connectivity index (χ4n) is 2.79. The Balaban J connectivity index is 1.70. The topological polar surface area (TPSA) is 60.2 Å². The van der Waals surface area contributed by atoms with E-state index >= 15 is 0 Å². The van der Waals surface area contributed by atoms with Crippen molar-refractivity contribution >= 4 is 22.4 Å². The number of hydrogen-bond acceptors (Lipinski definition) is 5. The number of carbonyl (C=O) groups is 1. The number of nitriles is 1. The molecule has 0 bridgehead atoms. The number of rotatable bonds is 4. The van der Waals surface area contributed by atoms with E-state index in [0.717, 1.165) is 24.1 Å². The molecule has 1 fully saturated rings. The molecule has 1 atom stereocenters. The number of carbonyl (C=O) groups excluding carboxylic acids is 1. The quantitative estimate of drug-likeness (QED) is 0.811. The maximum absolute atomic E-state index is 12.6. The minimum absolute atomic E-state index is 0.0512. The highest BCUT2D eigenvalue weighted by molar-refractivity contribution is 7.15. The van der Waals surface area contributed by atoms with Crippen LogP contribution in [0.1, 0.15) is 23.3 Å². The van der Waals surface area contributed by atoms with Crippen LogP contribution in [0.15, 0.2) is 36.5 Å². The van der Waals surface area contributed by atoms with Gasteiger partial charge in [0, 0.05) is 31.1 Å². The van der Waals surface area contributed by atoms with Crippen molar-refractivity contribution in [1.29, 1.82) is 5.26 Å². The predicted octanol–water partition coefficient (Wildman–Crippen LogP) is 2.64. The number of benzene rings is 1. The molecule has 2 aromatic rings. The molecule has 1 amide bonds. The van der Waals surface area contributed by atoms with Gasteiger partial charge in [-0.1, -0.05) is 30.3 Å². The van der Waals surface area contributed by atoms with E-state index in [2.05, 4.69) is 23.3 Å². The molecule has 23 heavy (non-hydrogen) atoms. The van der Waals surface area contributed by atoms with Crippen LogP contribution in [0.5, 0.6) is 0 Å². The van der Waals surface area contributed by atoms with Crippen LogP contribution in [0.25, 0.3) is 0 Å². The Morgan fingerprint density at radius 2 is 2.26 bits per heavy atom. The van der Waals surface area contributed by atoms with Gasteiger partial charge in [-0.15, -0.1) is 11.3 Å². The van der Waals surface area contributed by atoms with E-state index in [0.29, 0.717) is 11.7 Å². The predicted molar refractivity (Wildman–Crippen MR) is 90.1 cm³/mol. The van der Waals surface area contributed by atoms with Crippen LogP contribution in [-0.4, -0.2) is 35.4 Å². The molecule has 1 aliphatic heterocycles. The third-order valence-electron chi connectivity index (χ3n) is 4.05. The minimum atomic E-state index is -0.341. The van der Waals surface area contributed by atoms with Crippen LogP contribution in [0.3, 0.4) is 0 Å². The molecule has 1 saturated heterocycles. The summed E-state index contributed by atoms with van der Waals surface area (Å²) in [7, 11) is 1.74. The Labute approximate surface area is 139 Å². The number of thiazole rings is 1. The Kier molecular flexibility index (Phi) is 4.58. The van der Waals surface area contributed by atoms with Gasteiger partial charge in [-0.3, -0.25) is 14.6 Å². The van der Waals surface area contributed by atoms with Crippen LogP contribution in [0.2, 0.25) is 0 Å². The van der Waals surface area contributed by atoms with Crippen molar-refractivity contribution in [3.8, 4) is 6.19 Å². The van der Waals surface area contributed by atoms with E-state index < -0.39 is 0 Å². The van der Waals surface area contributed by atoms with Gasteiger partial charge < -0.3 is 0 Å². The number of hydrogen-bond donors (Lipinski definition) is 0. The zero-order valence-electron chi connectivity index (χ0n) is 13.0. The molecule has 5 nitrogen and oxygen atoms in total. The molecular weight excluding hydrogens is 308 g/mol. The van der Waals surface area contributed by atoms with E-state index in [1.165, 1.54) is 16.9 Å². The maximum atomic E-state index is 12.6. The normalized spacial score (nSPS) is 17.0. The fourth-order valence-corrected chi connectivity index (χ4v) is 3.70. The summed E-state index contributed by atoms with van der Waals surface area (Å²) in [4.78, 5) is 21.2. The van der Waals surface area contributed by atoms with Crippen molar-refractivity contribution in [3.05, 3.63) is 47.0 Å². The van der Waals surface area contributed by atoms with Crippen molar-refractivity contribution in [2.45, 2.75) is 25.3 Å². The molecule has 1 aromatic heterocycles. The molecule has 0 N–H and O–H groups in total. The standard InChI is InChI=1S/C17H18N4OS/c1-20(16(22)15-8-5-9-21(15)12-18)17-19-11-14(23-17)10-13-6-3-2-4-7-13/h2-4,6-7,11,15H,5,8-10H2,1H3. The number of likely N-dealkylation sites (N-methyl/N-ethyl adjacent to an activating group) is 1. The van der Waals surface area contributed by atoms with Gasteiger partial charge in [0.15, 0.2) is 11.3 Å². The molecule has 2 heterocycles. The molecule has 1 aliphatic rings. The van der Waals surface area contributed by atoms with Crippen LogP contribution in [0.4, 0.5) is 5.13 Å². The average Bonchev–Trinajstić information content (AvgIpc) is 3.23. The number of anilines is 1. The first kappa shape index (κ1) is 15.5. The van der Waals surface area contributed by atoms with E-state index in [1.807, 2.05) is 24.4 Å². The van der Waals surface area contributed by atoms with E-state index in [4.69, 9.17) is 5.26 Å². The van der Waals surface area contributed by atoms with Crippen LogP contribution >= 0.6 is 11.3 Å². The summed E-state index contributed by atoms with van der Waals surface area (Å²) in [5, 5.41) is 9.78. The lowest BCUT2D eigenvalue weighted by atomic mass is 10.1. The smallest absolute Gasteiger partial charge is 0.251 e. The SMILES string of the molecule is CN(C(=O)C1CCCN1C#N)c1ncc(Cc2ccccc2)s1. The summed E-state index contributed by atoms with van der Waals surface area (Å²) >= 11 is 1.52. The van der Waals surface area contributed by atoms with Crippen LogP contribution in [0, 0.1) is 11.5 Å². The summed E-state index contributed by atoms with van der Waals surface area (Å²) in [6.45, 7) is 0.665. The van der Waals surface area contributed by atoms with Crippen LogP contribution in [-0.2, 0) is 11.2 Å². The Hall–Kier alpha value is -2.39. The van der Waals surface area contributed by atoms with E-state index in [1.54, 1.807) is 16.8 Å². The molecule has 118 valence electrons. The molecule has 0 radical (unpaired) electrons. The average molecular weight is 326 g/mol. The monoisotopic (exact) mass is 326 g/mol. The Morgan fingerprint density at radius 3 is 3.00 bits per heavy atom. The highest BCUT2D eigenvalue weighted by Crippen LogP contribution is 2.26.